The summed E-state index contributed by atoms with van der Waals surface area (Å²) in [5.74, 6) is 0.0941. The fraction of sp³-hybridized carbons (Fsp3) is 0.600. The van der Waals surface area contributed by atoms with Crippen LogP contribution in [0.25, 0.3) is 0 Å². The molecule has 1 rings (SSSR count). The molecule has 0 radical (unpaired) electrons. The van der Waals surface area contributed by atoms with Crippen LogP contribution in [0.2, 0.25) is 5.02 Å². The van der Waals surface area contributed by atoms with Crippen LogP contribution in [0.1, 0.15) is 26.3 Å². The average Bonchev–Trinajstić information content (AvgIpc) is 2.35. The molecule has 108 valence electrons. The molecule has 0 fully saturated rings. The Morgan fingerprint density at radius 3 is 2.53 bits per heavy atom. The Kier molecular flexibility index (Phi) is 6.76. The number of benzene rings is 1. The van der Waals surface area contributed by atoms with Crippen LogP contribution in [-0.4, -0.2) is 25.8 Å². The molecule has 19 heavy (non-hydrogen) atoms. The fourth-order valence-corrected chi connectivity index (χ4v) is 2.52. The molecule has 1 aromatic rings. The van der Waals surface area contributed by atoms with Gasteiger partial charge in [-0.25, -0.2) is 4.39 Å². The molecule has 0 aliphatic rings. The molecule has 0 aliphatic heterocycles. The summed E-state index contributed by atoms with van der Waals surface area (Å²) in [6.07, 6.45) is 0.828. The van der Waals surface area contributed by atoms with Crippen molar-refractivity contribution in [1.82, 2.24) is 5.32 Å². The number of rotatable bonds is 7. The maximum atomic E-state index is 13.0. The first-order valence-electron chi connectivity index (χ1n) is 6.72. The first kappa shape index (κ1) is 16.4. The summed E-state index contributed by atoms with van der Waals surface area (Å²) in [7, 11) is 1.91. The van der Waals surface area contributed by atoms with E-state index in [2.05, 4.69) is 19.2 Å². The molecule has 0 aliphatic carbocycles. The zero-order chi connectivity index (χ0) is 14.4. The molecule has 4 heteroatoms. The van der Waals surface area contributed by atoms with Gasteiger partial charge < -0.3 is 10.1 Å². The Hall–Kier alpha value is -0.640. The van der Waals surface area contributed by atoms with Gasteiger partial charge in [-0.2, -0.15) is 0 Å². The summed E-state index contributed by atoms with van der Waals surface area (Å²) in [4.78, 5) is 0. The van der Waals surface area contributed by atoms with E-state index in [0.717, 1.165) is 12.0 Å². The van der Waals surface area contributed by atoms with Crippen LogP contribution in [0.5, 0.6) is 0 Å². The number of nitrogens with one attached hydrogen (secondary N) is 1. The van der Waals surface area contributed by atoms with E-state index >= 15 is 0 Å². The SMILES string of the molecule is CCOC(C(C)C)C(Cc1ccc(F)cc1Cl)NC. The molecule has 2 nitrogen and oxygen atoms in total. The minimum Gasteiger partial charge on any atom is -0.377 e. The standard InChI is InChI=1S/C15H23ClFNO/c1-5-19-15(10(2)3)14(18-4)8-11-6-7-12(17)9-13(11)16/h6-7,9-10,14-15,18H,5,8H2,1-4H3. The predicted octanol–water partition coefficient (Wildman–Crippen LogP) is 3.67. The minimum atomic E-state index is -0.306. The van der Waals surface area contributed by atoms with Gasteiger partial charge in [0.1, 0.15) is 5.82 Å². The van der Waals surface area contributed by atoms with Gasteiger partial charge in [0.05, 0.1) is 6.10 Å². The lowest BCUT2D eigenvalue weighted by molar-refractivity contribution is 0.00536. The largest absolute Gasteiger partial charge is 0.377 e. The lowest BCUT2D eigenvalue weighted by Crippen LogP contribution is -2.44. The summed E-state index contributed by atoms with van der Waals surface area (Å²) >= 11 is 6.08. The number of hydrogen-bond acceptors (Lipinski definition) is 2. The van der Waals surface area contributed by atoms with E-state index in [-0.39, 0.29) is 18.0 Å². The molecule has 0 saturated carbocycles. The Morgan fingerprint density at radius 2 is 2.05 bits per heavy atom. The van der Waals surface area contributed by atoms with E-state index in [1.165, 1.54) is 12.1 Å². The quantitative estimate of drug-likeness (QED) is 0.826. The fourth-order valence-electron chi connectivity index (χ4n) is 2.27. The van der Waals surface area contributed by atoms with E-state index in [1.54, 1.807) is 6.07 Å². The lowest BCUT2D eigenvalue weighted by Gasteiger charge is -2.30. The van der Waals surface area contributed by atoms with Crippen molar-refractivity contribution >= 4 is 11.6 Å². The van der Waals surface area contributed by atoms with Gasteiger partial charge in [-0.05, 0) is 44.0 Å². The van der Waals surface area contributed by atoms with Gasteiger partial charge in [0.15, 0.2) is 0 Å². The highest BCUT2D eigenvalue weighted by Gasteiger charge is 2.24. The number of halogens is 2. The van der Waals surface area contributed by atoms with Gasteiger partial charge in [0, 0.05) is 17.7 Å². The lowest BCUT2D eigenvalue weighted by atomic mass is 9.94. The van der Waals surface area contributed by atoms with E-state index in [9.17, 15) is 4.39 Å². The van der Waals surface area contributed by atoms with Crippen LogP contribution in [0.3, 0.4) is 0 Å². The molecule has 0 saturated heterocycles. The van der Waals surface area contributed by atoms with Crippen molar-refractivity contribution in [2.45, 2.75) is 39.3 Å². The molecule has 0 heterocycles. The van der Waals surface area contributed by atoms with Crippen LogP contribution in [0, 0.1) is 11.7 Å². The average molecular weight is 288 g/mol. The molecule has 0 bridgehead atoms. The van der Waals surface area contributed by atoms with Gasteiger partial charge >= 0.3 is 0 Å². The highest BCUT2D eigenvalue weighted by atomic mass is 35.5. The van der Waals surface area contributed by atoms with Gasteiger partial charge in [0.2, 0.25) is 0 Å². The molecule has 2 unspecified atom stereocenters. The Bertz CT molecular complexity index is 398. The summed E-state index contributed by atoms with van der Waals surface area (Å²) in [6, 6.07) is 4.70. The highest BCUT2D eigenvalue weighted by molar-refractivity contribution is 6.31. The van der Waals surface area contributed by atoms with Crippen molar-refractivity contribution in [3.05, 3.63) is 34.6 Å². The van der Waals surface area contributed by atoms with Gasteiger partial charge in [0.25, 0.3) is 0 Å². The molecule has 2 atom stereocenters. The summed E-state index contributed by atoms with van der Waals surface area (Å²) in [5, 5.41) is 3.75. The zero-order valence-corrected chi connectivity index (χ0v) is 12.8. The maximum absolute atomic E-state index is 13.0. The van der Waals surface area contributed by atoms with E-state index < -0.39 is 0 Å². The van der Waals surface area contributed by atoms with Crippen LogP contribution in [0.15, 0.2) is 18.2 Å². The third kappa shape index (κ3) is 4.75. The smallest absolute Gasteiger partial charge is 0.124 e. The predicted molar refractivity (Wildman–Crippen MR) is 78.2 cm³/mol. The van der Waals surface area contributed by atoms with Crippen molar-refractivity contribution in [2.24, 2.45) is 5.92 Å². The molecule has 1 aromatic carbocycles. The Balaban J connectivity index is 2.85. The summed E-state index contributed by atoms with van der Waals surface area (Å²) < 4.78 is 18.9. The molecular formula is C15H23ClFNO. The topological polar surface area (TPSA) is 21.3 Å². The maximum Gasteiger partial charge on any atom is 0.124 e. The van der Waals surface area contributed by atoms with Crippen LogP contribution >= 0.6 is 11.6 Å². The van der Waals surface area contributed by atoms with Crippen molar-refractivity contribution < 1.29 is 9.13 Å². The van der Waals surface area contributed by atoms with Crippen molar-refractivity contribution in [1.29, 1.82) is 0 Å². The Labute approximate surface area is 120 Å². The van der Waals surface area contributed by atoms with E-state index in [4.69, 9.17) is 16.3 Å². The van der Waals surface area contributed by atoms with E-state index in [0.29, 0.717) is 17.5 Å². The van der Waals surface area contributed by atoms with Crippen molar-refractivity contribution in [2.75, 3.05) is 13.7 Å². The number of ether oxygens (including phenoxy) is 1. The van der Waals surface area contributed by atoms with Crippen LogP contribution in [-0.2, 0) is 11.2 Å². The first-order chi connectivity index (χ1) is 8.99. The number of likely N-dealkylation sites (N-methyl/N-ethyl adjacent to an activating group) is 1. The Morgan fingerprint density at radius 1 is 1.37 bits per heavy atom. The minimum absolute atomic E-state index is 0.108. The van der Waals surface area contributed by atoms with Gasteiger partial charge in [-0.3, -0.25) is 0 Å². The molecule has 0 aromatic heterocycles. The number of hydrogen-bond donors (Lipinski definition) is 1. The second-order valence-electron chi connectivity index (χ2n) is 5.00. The summed E-state index contributed by atoms with van der Waals surface area (Å²) in [5.41, 5.74) is 0.938. The molecule has 0 amide bonds. The van der Waals surface area contributed by atoms with Gasteiger partial charge in [-0.15, -0.1) is 0 Å². The molecular weight excluding hydrogens is 265 g/mol. The first-order valence-corrected chi connectivity index (χ1v) is 7.10. The van der Waals surface area contributed by atoms with Crippen molar-refractivity contribution in [3.8, 4) is 0 Å². The summed E-state index contributed by atoms with van der Waals surface area (Å²) in [6.45, 7) is 6.94. The molecule has 0 spiro atoms. The molecule has 1 N–H and O–H groups in total. The third-order valence-corrected chi connectivity index (χ3v) is 3.59. The van der Waals surface area contributed by atoms with E-state index in [1.807, 2.05) is 14.0 Å². The third-order valence-electron chi connectivity index (χ3n) is 3.24. The highest BCUT2D eigenvalue weighted by Crippen LogP contribution is 2.22. The van der Waals surface area contributed by atoms with Crippen LogP contribution < -0.4 is 5.32 Å². The van der Waals surface area contributed by atoms with Crippen LogP contribution in [0.4, 0.5) is 4.39 Å². The van der Waals surface area contributed by atoms with Gasteiger partial charge in [-0.1, -0.05) is 31.5 Å². The second kappa shape index (κ2) is 7.83. The normalized spacial score (nSPS) is 14.7. The monoisotopic (exact) mass is 287 g/mol. The van der Waals surface area contributed by atoms with Crippen molar-refractivity contribution in [3.63, 3.8) is 0 Å². The zero-order valence-electron chi connectivity index (χ0n) is 12.0. The second-order valence-corrected chi connectivity index (χ2v) is 5.41.